The summed E-state index contributed by atoms with van der Waals surface area (Å²) in [5.74, 6) is 0.0961. The molecule has 3 aromatic rings. The van der Waals surface area contributed by atoms with Gasteiger partial charge in [-0.15, -0.1) is 0 Å². The Morgan fingerprint density at radius 3 is 2.57 bits per heavy atom. The highest BCUT2D eigenvalue weighted by Crippen LogP contribution is 2.26. The average molecular weight is 405 g/mol. The molecule has 7 heteroatoms. The monoisotopic (exact) mass is 404 g/mol. The van der Waals surface area contributed by atoms with E-state index < -0.39 is 0 Å². The number of nitrogens with zero attached hydrogens (tertiary/aromatic N) is 6. The molecule has 5 rings (SSSR count). The molecule has 2 aliphatic rings. The van der Waals surface area contributed by atoms with E-state index in [4.69, 9.17) is 5.10 Å². The van der Waals surface area contributed by atoms with Crippen molar-refractivity contribution in [3.63, 3.8) is 0 Å². The van der Waals surface area contributed by atoms with Crippen LogP contribution in [-0.4, -0.2) is 54.9 Å². The SMILES string of the molecule is Cn1cc(CN2CCc3c(c(C(=O)N4CCCC4)nn3Cc3ccccc3)C2)cn1. The number of hydrogen-bond donors (Lipinski definition) is 0. The Hall–Kier alpha value is -2.93. The van der Waals surface area contributed by atoms with E-state index in [1.165, 1.54) is 16.8 Å². The first kappa shape index (κ1) is 19.1. The normalized spacial score (nSPS) is 16.8. The second kappa shape index (κ2) is 8.07. The van der Waals surface area contributed by atoms with Gasteiger partial charge < -0.3 is 4.90 Å². The van der Waals surface area contributed by atoms with Gasteiger partial charge in [0.1, 0.15) is 0 Å². The van der Waals surface area contributed by atoms with Crippen LogP contribution in [0, 0.1) is 0 Å². The number of likely N-dealkylation sites (tertiary alicyclic amines) is 1. The lowest BCUT2D eigenvalue weighted by atomic mass is 10.0. The van der Waals surface area contributed by atoms with Crippen molar-refractivity contribution in [1.29, 1.82) is 0 Å². The van der Waals surface area contributed by atoms with Crippen LogP contribution in [-0.2, 0) is 33.1 Å². The van der Waals surface area contributed by atoms with E-state index in [1.807, 2.05) is 28.9 Å². The van der Waals surface area contributed by atoms with Gasteiger partial charge in [0.25, 0.3) is 5.91 Å². The zero-order chi connectivity index (χ0) is 20.5. The predicted octanol–water partition coefficient (Wildman–Crippen LogP) is 2.46. The van der Waals surface area contributed by atoms with Crippen molar-refractivity contribution in [2.45, 2.75) is 38.9 Å². The molecule has 0 radical (unpaired) electrons. The molecule has 1 fully saturated rings. The lowest BCUT2D eigenvalue weighted by Gasteiger charge is -2.27. The molecule has 0 aliphatic carbocycles. The van der Waals surface area contributed by atoms with Crippen LogP contribution < -0.4 is 0 Å². The number of hydrogen-bond acceptors (Lipinski definition) is 4. The van der Waals surface area contributed by atoms with Crippen LogP contribution in [0.2, 0.25) is 0 Å². The molecule has 30 heavy (non-hydrogen) atoms. The fourth-order valence-corrected chi connectivity index (χ4v) is 4.62. The number of benzene rings is 1. The number of aryl methyl sites for hydroxylation is 1. The third-order valence-corrected chi connectivity index (χ3v) is 6.15. The smallest absolute Gasteiger partial charge is 0.274 e. The van der Waals surface area contributed by atoms with Crippen LogP contribution in [0.5, 0.6) is 0 Å². The molecule has 0 spiro atoms. The van der Waals surface area contributed by atoms with Crippen molar-refractivity contribution in [2.24, 2.45) is 7.05 Å². The number of fused-ring (bicyclic) bond motifs is 1. The predicted molar refractivity (Wildman–Crippen MR) is 114 cm³/mol. The Morgan fingerprint density at radius 2 is 1.83 bits per heavy atom. The highest BCUT2D eigenvalue weighted by Gasteiger charge is 2.31. The minimum Gasteiger partial charge on any atom is -0.337 e. The molecule has 0 N–H and O–H groups in total. The van der Waals surface area contributed by atoms with Gasteiger partial charge >= 0.3 is 0 Å². The maximum absolute atomic E-state index is 13.3. The first-order valence-corrected chi connectivity index (χ1v) is 10.8. The first-order chi connectivity index (χ1) is 14.7. The van der Waals surface area contributed by atoms with Gasteiger partial charge in [-0.05, 0) is 18.4 Å². The van der Waals surface area contributed by atoms with Gasteiger partial charge in [0.05, 0.1) is 12.7 Å². The third kappa shape index (κ3) is 3.77. The molecule has 2 aromatic heterocycles. The van der Waals surface area contributed by atoms with Crippen molar-refractivity contribution in [1.82, 2.24) is 29.4 Å². The van der Waals surface area contributed by atoms with Gasteiger partial charge in [0.2, 0.25) is 0 Å². The lowest BCUT2D eigenvalue weighted by molar-refractivity contribution is 0.0783. The summed E-state index contributed by atoms with van der Waals surface area (Å²) in [6.07, 6.45) is 7.07. The van der Waals surface area contributed by atoms with Gasteiger partial charge in [0, 0.05) is 69.2 Å². The van der Waals surface area contributed by atoms with Gasteiger partial charge in [-0.3, -0.25) is 19.1 Å². The summed E-state index contributed by atoms with van der Waals surface area (Å²) in [6, 6.07) is 10.4. The average Bonchev–Trinajstić information content (AvgIpc) is 3.50. The lowest BCUT2D eigenvalue weighted by Crippen LogP contribution is -2.33. The van der Waals surface area contributed by atoms with Crippen LogP contribution in [0.15, 0.2) is 42.7 Å². The van der Waals surface area contributed by atoms with Gasteiger partial charge in [-0.1, -0.05) is 30.3 Å². The number of carbonyl (C=O) groups is 1. The highest BCUT2D eigenvalue weighted by atomic mass is 16.2. The van der Waals surface area contributed by atoms with E-state index in [0.29, 0.717) is 12.2 Å². The van der Waals surface area contributed by atoms with Crippen molar-refractivity contribution in [3.8, 4) is 0 Å². The van der Waals surface area contributed by atoms with E-state index in [1.54, 1.807) is 0 Å². The van der Waals surface area contributed by atoms with E-state index in [2.05, 4.69) is 45.1 Å². The Kier molecular flexibility index (Phi) is 5.12. The van der Waals surface area contributed by atoms with Crippen LogP contribution in [0.1, 0.15) is 45.7 Å². The zero-order valence-corrected chi connectivity index (χ0v) is 17.5. The summed E-state index contributed by atoms with van der Waals surface area (Å²) in [6.45, 7) is 4.96. The quantitative estimate of drug-likeness (QED) is 0.656. The van der Waals surface area contributed by atoms with Crippen molar-refractivity contribution >= 4 is 5.91 Å². The fourth-order valence-electron chi connectivity index (χ4n) is 4.62. The van der Waals surface area contributed by atoms with Crippen LogP contribution in [0.3, 0.4) is 0 Å². The van der Waals surface area contributed by atoms with E-state index >= 15 is 0 Å². The van der Waals surface area contributed by atoms with Crippen LogP contribution >= 0.6 is 0 Å². The Labute approximate surface area is 176 Å². The number of aromatic nitrogens is 4. The third-order valence-electron chi connectivity index (χ3n) is 6.15. The van der Waals surface area contributed by atoms with Crippen LogP contribution in [0.4, 0.5) is 0 Å². The molecular formula is C23H28N6O. The molecule has 4 heterocycles. The molecule has 1 aromatic carbocycles. The summed E-state index contributed by atoms with van der Waals surface area (Å²) in [7, 11) is 1.94. The van der Waals surface area contributed by atoms with E-state index in [0.717, 1.165) is 57.5 Å². The number of rotatable bonds is 5. The van der Waals surface area contributed by atoms with Crippen LogP contribution in [0.25, 0.3) is 0 Å². The number of amides is 1. The van der Waals surface area contributed by atoms with E-state index in [9.17, 15) is 4.79 Å². The number of carbonyl (C=O) groups excluding carboxylic acids is 1. The first-order valence-electron chi connectivity index (χ1n) is 10.8. The molecule has 1 saturated heterocycles. The zero-order valence-electron chi connectivity index (χ0n) is 17.5. The Morgan fingerprint density at radius 1 is 1.03 bits per heavy atom. The van der Waals surface area contributed by atoms with Gasteiger partial charge in [-0.2, -0.15) is 10.2 Å². The molecule has 0 atom stereocenters. The Balaban J connectivity index is 1.44. The summed E-state index contributed by atoms with van der Waals surface area (Å²) in [5, 5.41) is 9.15. The second-order valence-electron chi connectivity index (χ2n) is 8.40. The molecular weight excluding hydrogens is 376 g/mol. The largest absolute Gasteiger partial charge is 0.337 e. The minimum absolute atomic E-state index is 0.0961. The highest BCUT2D eigenvalue weighted by molar-refractivity contribution is 5.94. The maximum Gasteiger partial charge on any atom is 0.274 e. The fraction of sp³-hybridized carbons (Fsp3) is 0.435. The molecule has 0 unspecified atom stereocenters. The van der Waals surface area contributed by atoms with E-state index in [-0.39, 0.29) is 5.91 Å². The Bertz CT molecular complexity index is 1030. The molecule has 0 saturated carbocycles. The van der Waals surface area contributed by atoms with Crippen molar-refractivity contribution < 1.29 is 4.79 Å². The molecule has 2 aliphatic heterocycles. The molecule has 1 amide bonds. The topological polar surface area (TPSA) is 59.2 Å². The second-order valence-corrected chi connectivity index (χ2v) is 8.40. The van der Waals surface area contributed by atoms with Gasteiger partial charge in [0.15, 0.2) is 5.69 Å². The molecule has 0 bridgehead atoms. The summed E-state index contributed by atoms with van der Waals surface area (Å²) >= 11 is 0. The van der Waals surface area contributed by atoms with Crippen molar-refractivity contribution in [3.05, 3.63) is 70.8 Å². The molecule has 156 valence electrons. The minimum atomic E-state index is 0.0961. The summed E-state index contributed by atoms with van der Waals surface area (Å²) < 4.78 is 3.90. The summed E-state index contributed by atoms with van der Waals surface area (Å²) in [4.78, 5) is 17.6. The van der Waals surface area contributed by atoms with Crippen molar-refractivity contribution in [2.75, 3.05) is 19.6 Å². The standard InChI is InChI=1S/C23H28N6O/c1-26-14-19(13-24-26)15-27-12-9-21-20(17-27)22(23(30)28-10-5-6-11-28)25-29(21)16-18-7-3-2-4-8-18/h2-4,7-8,13-14H,5-6,9-12,15-17H2,1H3. The maximum atomic E-state index is 13.3. The summed E-state index contributed by atoms with van der Waals surface area (Å²) in [5.41, 5.74) is 5.38. The van der Waals surface area contributed by atoms with Gasteiger partial charge in [-0.25, -0.2) is 0 Å². The molecule has 7 nitrogen and oxygen atoms in total.